The maximum atomic E-state index is 12.2. The number of rotatable bonds is 9. The molecule has 2 aromatic carbocycles. The van der Waals surface area contributed by atoms with Crippen LogP contribution in [0.1, 0.15) is 22.3 Å². The van der Waals surface area contributed by atoms with Crippen LogP contribution in [0.25, 0.3) is 0 Å². The van der Waals surface area contributed by atoms with E-state index in [1.54, 1.807) is 6.07 Å². The number of nitrogens with one attached hydrogen (secondary N) is 1. The Bertz CT molecular complexity index is 850. The summed E-state index contributed by atoms with van der Waals surface area (Å²) in [5.74, 6) is -0.0231. The molecule has 2 aromatic rings. The molecule has 0 aliphatic carbocycles. The Hall–Kier alpha value is -2.45. The summed E-state index contributed by atoms with van der Waals surface area (Å²) in [5.41, 5.74) is 3.24. The van der Waals surface area contributed by atoms with Crippen LogP contribution in [0.15, 0.2) is 34.8 Å². The van der Waals surface area contributed by atoms with E-state index in [4.69, 9.17) is 9.47 Å². The number of carbonyl (C=O) groups is 1. The van der Waals surface area contributed by atoms with Gasteiger partial charge in [0.25, 0.3) is 5.69 Å². The van der Waals surface area contributed by atoms with Crippen molar-refractivity contribution >= 4 is 27.5 Å². The Balaban J connectivity index is 2.31. The Kier molecular flexibility index (Phi) is 7.95. The van der Waals surface area contributed by atoms with E-state index in [2.05, 4.69) is 21.2 Å². The van der Waals surface area contributed by atoms with Crippen LogP contribution in [0, 0.1) is 24.0 Å². The number of aryl methyl sites for hydroxylation is 2. The fraction of sp³-hybridized carbons (Fsp3) is 0.350. The van der Waals surface area contributed by atoms with E-state index in [-0.39, 0.29) is 30.2 Å². The fourth-order valence-corrected chi connectivity index (χ4v) is 3.23. The van der Waals surface area contributed by atoms with Crippen LogP contribution >= 0.6 is 15.9 Å². The number of carbonyl (C=O) groups excluding carboxylic acids is 1. The van der Waals surface area contributed by atoms with Gasteiger partial charge in [-0.05, 0) is 36.6 Å². The van der Waals surface area contributed by atoms with Crippen molar-refractivity contribution in [3.63, 3.8) is 0 Å². The Morgan fingerprint density at radius 2 is 1.89 bits per heavy atom. The van der Waals surface area contributed by atoms with Crippen molar-refractivity contribution in [3.8, 4) is 5.75 Å². The average Bonchev–Trinajstić information content (AvgIpc) is 2.63. The van der Waals surface area contributed by atoms with Gasteiger partial charge in [-0.2, -0.15) is 0 Å². The molecule has 0 aliphatic heterocycles. The minimum Gasteiger partial charge on any atom is -0.488 e. The van der Waals surface area contributed by atoms with E-state index >= 15 is 0 Å². The third-order valence-electron chi connectivity index (χ3n) is 4.33. The normalized spacial score (nSPS) is 10.6. The van der Waals surface area contributed by atoms with Gasteiger partial charge in [0.15, 0.2) is 0 Å². The summed E-state index contributed by atoms with van der Waals surface area (Å²) < 4.78 is 11.4. The third kappa shape index (κ3) is 5.77. The zero-order chi connectivity index (χ0) is 20.7. The van der Waals surface area contributed by atoms with E-state index in [9.17, 15) is 14.9 Å². The van der Waals surface area contributed by atoms with Crippen LogP contribution in [0.3, 0.4) is 0 Å². The molecule has 0 aliphatic rings. The molecule has 1 amide bonds. The van der Waals surface area contributed by atoms with Gasteiger partial charge in [0.05, 0.1) is 23.5 Å². The molecule has 0 fully saturated rings. The van der Waals surface area contributed by atoms with Gasteiger partial charge in [-0.1, -0.05) is 34.1 Å². The molecular formula is C20H23BrN2O5. The van der Waals surface area contributed by atoms with Crippen molar-refractivity contribution in [3.05, 3.63) is 67.2 Å². The number of nitrogens with zero attached hydrogens (tertiary/aromatic N) is 1. The fourth-order valence-electron chi connectivity index (χ4n) is 2.81. The van der Waals surface area contributed by atoms with Crippen molar-refractivity contribution in [2.45, 2.75) is 26.9 Å². The Morgan fingerprint density at radius 1 is 1.21 bits per heavy atom. The first-order valence-corrected chi connectivity index (χ1v) is 9.53. The highest BCUT2D eigenvalue weighted by Crippen LogP contribution is 2.34. The zero-order valence-corrected chi connectivity index (χ0v) is 17.7. The lowest BCUT2D eigenvalue weighted by Crippen LogP contribution is -2.28. The number of methoxy groups -OCH3 is 1. The Labute approximate surface area is 172 Å². The van der Waals surface area contributed by atoms with E-state index in [0.29, 0.717) is 23.4 Å². The van der Waals surface area contributed by atoms with Gasteiger partial charge < -0.3 is 14.8 Å². The van der Waals surface area contributed by atoms with Crippen LogP contribution in [0.2, 0.25) is 0 Å². The standard InChI is InChI=1S/C20H23BrN2O5/c1-13-5-4-6-14(2)17(13)12-28-19-10-15(21)9-18(23(25)26)16(19)11-20(24)22-7-8-27-3/h4-6,9-10H,7-8,11-12H2,1-3H3,(H,22,24). The van der Waals surface area contributed by atoms with Crippen LogP contribution in [0.5, 0.6) is 5.75 Å². The van der Waals surface area contributed by atoms with E-state index in [0.717, 1.165) is 16.7 Å². The van der Waals surface area contributed by atoms with Gasteiger partial charge in [-0.25, -0.2) is 0 Å². The number of hydrogen-bond donors (Lipinski definition) is 1. The second-order valence-electron chi connectivity index (χ2n) is 6.34. The molecule has 0 unspecified atom stereocenters. The molecule has 1 N–H and O–H groups in total. The summed E-state index contributed by atoms with van der Waals surface area (Å²) >= 11 is 3.29. The zero-order valence-electron chi connectivity index (χ0n) is 16.1. The second-order valence-corrected chi connectivity index (χ2v) is 7.25. The second kappa shape index (κ2) is 10.2. The summed E-state index contributed by atoms with van der Waals surface area (Å²) in [5, 5.41) is 14.2. The first-order chi connectivity index (χ1) is 13.3. The summed E-state index contributed by atoms with van der Waals surface area (Å²) in [6.07, 6.45) is -0.157. The molecule has 2 rings (SSSR count). The summed E-state index contributed by atoms with van der Waals surface area (Å²) in [6.45, 7) is 4.92. The minimum absolute atomic E-state index is 0.157. The monoisotopic (exact) mass is 450 g/mol. The molecule has 0 saturated heterocycles. The molecule has 0 atom stereocenters. The molecule has 0 spiro atoms. The minimum atomic E-state index is -0.506. The smallest absolute Gasteiger partial charge is 0.277 e. The summed E-state index contributed by atoms with van der Waals surface area (Å²) in [6, 6.07) is 8.97. The van der Waals surface area contributed by atoms with Crippen molar-refractivity contribution in [1.29, 1.82) is 0 Å². The highest BCUT2D eigenvalue weighted by atomic mass is 79.9. The third-order valence-corrected chi connectivity index (χ3v) is 4.79. The van der Waals surface area contributed by atoms with Crippen molar-refractivity contribution in [2.24, 2.45) is 0 Å². The lowest BCUT2D eigenvalue weighted by atomic mass is 10.0. The topological polar surface area (TPSA) is 90.7 Å². The molecule has 0 saturated carbocycles. The number of nitro benzene ring substituents is 1. The molecule has 7 nitrogen and oxygen atoms in total. The number of halogens is 1. The lowest BCUT2D eigenvalue weighted by molar-refractivity contribution is -0.385. The highest BCUT2D eigenvalue weighted by molar-refractivity contribution is 9.10. The number of benzene rings is 2. The quantitative estimate of drug-likeness (QED) is 0.355. The predicted molar refractivity (Wildman–Crippen MR) is 110 cm³/mol. The first-order valence-electron chi connectivity index (χ1n) is 8.73. The molecule has 28 heavy (non-hydrogen) atoms. The molecule has 0 aromatic heterocycles. The molecule has 0 bridgehead atoms. The van der Waals surface area contributed by atoms with Gasteiger partial charge in [-0.15, -0.1) is 0 Å². The van der Waals surface area contributed by atoms with Gasteiger partial charge >= 0.3 is 0 Å². The summed E-state index contributed by atoms with van der Waals surface area (Å²) in [4.78, 5) is 23.2. The molecular weight excluding hydrogens is 428 g/mol. The highest BCUT2D eigenvalue weighted by Gasteiger charge is 2.23. The van der Waals surface area contributed by atoms with Crippen molar-refractivity contribution < 1.29 is 19.2 Å². The van der Waals surface area contributed by atoms with E-state index in [1.165, 1.54) is 13.2 Å². The summed E-state index contributed by atoms with van der Waals surface area (Å²) in [7, 11) is 1.53. The molecule has 0 radical (unpaired) electrons. The van der Waals surface area contributed by atoms with Crippen LogP contribution in [-0.2, 0) is 22.6 Å². The molecule has 150 valence electrons. The maximum Gasteiger partial charge on any atom is 0.277 e. The lowest BCUT2D eigenvalue weighted by Gasteiger charge is -2.15. The van der Waals surface area contributed by atoms with Gasteiger partial charge in [-0.3, -0.25) is 14.9 Å². The first kappa shape index (κ1) is 21.8. The van der Waals surface area contributed by atoms with Gasteiger partial charge in [0, 0.05) is 24.2 Å². The number of ether oxygens (including phenoxy) is 2. The van der Waals surface area contributed by atoms with Gasteiger partial charge in [0.1, 0.15) is 12.4 Å². The predicted octanol–water partition coefficient (Wildman–Crippen LogP) is 3.86. The number of hydrogen-bond acceptors (Lipinski definition) is 5. The van der Waals surface area contributed by atoms with E-state index < -0.39 is 4.92 Å². The van der Waals surface area contributed by atoms with Crippen LogP contribution in [-0.4, -0.2) is 31.1 Å². The van der Waals surface area contributed by atoms with Crippen molar-refractivity contribution in [1.82, 2.24) is 5.32 Å². The molecule has 8 heteroatoms. The van der Waals surface area contributed by atoms with Crippen molar-refractivity contribution in [2.75, 3.05) is 20.3 Å². The molecule has 0 heterocycles. The van der Waals surface area contributed by atoms with Crippen LogP contribution < -0.4 is 10.1 Å². The number of nitro groups is 1. The Morgan fingerprint density at radius 3 is 2.50 bits per heavy atom. The van der Waals surface area contributed by atoms with Gasteiger partial charge in [0.2, 0.25) is 5.91 Å². The number of amides is 1. The largest absolute Gasteiger partial charge is 0.488 e. The van der Waals surface area contributed by atoms with Crippen LogP contribution in [0.4, 0.5) is 5.69 Å². The average molecular weight is 451 g/mol. The maximum absolute atomic E-state index is 12.2. The SMILES string of the molecule is COCCNC(=O)Cc1c(OCc2c(C)cccc2C)cc(Br)cc1[N+](=O)[O-]. The van der Waals surface area contributed by atoms with E-state index in [1.807, 2.05) is 32.0 Å².